The van der Waals surface area contributed by atoms with E-state index >= 15 is 0 Å². The number of hydrogen-bond donors (Lipinski definition) is 2. The molecule has 1 aromatic rings. The minimum Gasteiger partial charge on any atom is -0.384 e. The summed E-state index contributed by atoms with van der Waals surface area (Å²) in [7, 11) is -1.93. The number of nitrogens with two attached hydrogens (primary N) is 1. The van der Waals surface area contributed by atoms with Gasteiger partial charge in [0.2, 0.25) is 10.0 Å². The van der Waals surface area contributed by atoms with Crippen molar-refractivity contribution in [2.24, 2.45) is 11.1 Å². The maximum atomic E-state index is 11.1. The van der Waals surface area contributed by atoms with Crippen LogP contribution in [0.5, 0.6) is 0 Å². The van der Waals surface area contributed by atoms with E-state index in [0.717, 1.165) is 12.1 Å². The summed E-state index contributed by atoms with van der Waals surface area (Å²) < 4.78 is 27.4. The molecule has 3 N–H and O–H groups in total. The van der Waals surface area contributed by atoms with Gasteiger partial charge >= 0.3 is 0 Å². The maximum absolute atomic E-state index is 11.1. The Balaban J connectivity index is 2.61. The summed E-state index contributed by atoms with van der Waals surface area (Å²) in [6.45, 7) is 5.69. The molecule has 2 unspecified atom stereocenters. The van der Waals surface area contributed by atoms with E-state index in [1.807, 2.05) is 6.92 Å². The molecule has 19 heavy (non-hydrogen) atoms. The summed E-state index contributed by atoms with van der Waals surface area (Å²) >= 11 is 0. The maximum Gasteiger partial charge on any atom is 0.238 e. The van der Waals surface area contributed by atoms with Crippen LogP contribution in [0, 0.1) is 5.92 Å². The Morgan fingerprint density at radius 2 is 1.84 bits per heavy atom. The largest absolute Gasteiger partial charge is 0.384 e. The molecule has 0 saturated carbocycles. The van der Waals surface area contributed by atoms with Gasteiger partial charge in [0, 0.05) is 26.3 Å². The first-order valence-electron chi connectivity index (χ1n) is 6.19. The SMILES string of the molecule is COCC(C)CNC(C)c1ccc(S(N)(=O)=O)cc1. The molecule has 0 spiro atoms. The standard InChI is InChI=1S/C13H22N2O3S/c1-10(9-18-3)8-15-11(2)12-4-6-13(7-5-12)19(14,16)17/h4-7,10-11,15H,8-9H2,1-3H3,(H2,14,16,17). The number of hydrogen-bond acceptors (Lipinski definition) is 4. The zero-order valence-corrected chi connectivity index (χ0v) is 12.4. The molecule has 1 rings (SSSR count). The van der Waals surface area contributed by atoms with Crippen molar-refractivity contribution in [3.05, 3.63) is 29.8 Å². The van der Waals surface area contributed by atoms with Crippen molar-refractivity contribution < 1.29 is 13.2 Å². The molecule has 0 bridgehead atoms. The number of rotatable bonds is 7. The molecule has 0 aliphatic carbocycles. The highest BCUT2D eigenvalue weighted by Gasteiger charge is 2.10. The van der Waals surface area contributed by atoms with E-state index in [-0.39, 0.29) is 10.9 Å². The highest BCUT2D eigenvalue weighted by Crippen LogP contribution is 2.15. The van der Waals surface area contributed by atoms with Crippen molar-refractivity contribution in [2.45, 2.75) is 24.8 Å². The van der Waals surface area contributed by atoms with Gasteiger partial charge in [-0.1, -0.05) is 19.1 Å². The highest BCUT2D eigenvalue weighted by molar-refractivity contribution is 7.89. The Kier molecular flexibility index (Phi) is 5.93. The second-order valence-corrected chi connectivity index (χ2v) is 6.37. The first-order chi connectivity index (χ1) is 8.84. The summed E-state index contributed by atoms with van der Waals surface area (Å²) in [6, 6.07) is 6.76. The number of benzene rings is 1. The van der Waals surface area contributed by atoms with Crippen molar-refractivity contribution in [3.8, 4) is 0 Å². The van der Waals surface area contributed by atoms with Gasteiger partial charge < -0.3 is 10.1 Å². The Bertz CT molecular complexity index is 485. The Morgan fingerprint density at radius 3 is 2.32 bits per heavy atom. The van der Waals surface area contributed by atoms with Gasteiger partial charge in [0.05, 0.1) is 4.90 Å². The number of nitrogens with one attached hydrogen (secondary N) is 1. The van der Waals surface area contributed by atoms with E-state index in [9.17, 15) is 8.42 Å². The summed E-state index contributed by atoms with van der Waals surface area (Å²) in [5.74, 6) is 0.427. The van der Waals surface area contributed by atoms with E-state index in [4.69, 9.17) is 9.88 Å². The van der Waals surface area contributed by atoms with Crippen LogP contribution in [-0.2, 0) is 14.8 Å². The number of primary sulfonamides is 1. The summed E-state index contributed by atoms with van der Waals surface area (Å²) in [5.41, 5.74) is 1.03. The van der Waals surface area contributed by atoms with Gasteiger partial charge in [-0.2, -0.15) is 0 Å². The third-order valence-corrected chi connectivity index (χ3v) is 3.86. The summed E-state index contributed by atoms with van der Waals surface area (Å²) in [6.07, 6.45) is 0. The molecule has 0 aromatic heterocycles. The monoisotopic (exact) mass is 286 g/mol. The molecule has 0 aliphatic heterocycles. The lowest BCUT2D eigenvalue weighted by Crippen LogP contribution is -2.26. The van der Waals surface area contributed by atoms with E-state index in [1.54, 1.807) is 19.2 Å². The fourth-order valence-corrected chi connectivity index (χ4v) is 2.30. The normalized spacial score (nSPS) is 15.2. The van der Waals surface area contributed by atoms with Gasteiger partial charge in [-0.25, -0.2) is 13.6 Å². The first kappa shape index (κ1) is 16.1. The molecule has 6 heteroatoms. The Labute approximate surface area is 115 Å². The van der Waals surface area contributed by atoms with Gasteiger partial charge in [-0.05, 0) is 30.5 Å². The van der Waals surface area contributed by atoms with Crippen LogP contribution < -0.4 is 10.5 Å². The van der Waals surface area contributed by atoms with E-state index in [0.29, 0.717) is 12.5 Å². The van der Waals surface area contributed by atoms with Crippen LogP contribution in [0.15, 0.2) is 29.2 Å². The van der Waals surface area contributed by atoms with Crippen LogP contribution in [0.2, 0.25) is 0 Å². The summed E-state index contributed by atoms with van der Waals surface area (Å²) in [4.78, 5) is 0.135. The molecule has 0 aliphatic rings. The number of methoxy groups -OCH3 is 1. The molecule has 1 aromatic carbocycles. The lowest BCUT2D eigenvalue weighted by molar-refractivity contribution is 0.157. The average molecular weight is 286 g/mol. The Hall–Kier alpha value is -0.950. The molecular weight excluding hydrogens is 264 g/mol. The lowest BCUT2D eigenvalue weighted by Gasteiger charge is -2.17. The molecule has 0 fully saturated rings. The number of sulfonamides is 1. The van der Waals surface area contributed by atoms with E-state index in [1.165, 1.54) is 12.1 Å². The second-order valence-electron chi connectivity index (χ2n) is 4.80. The fourth-order valence-electron chi connectivity index (χ4n) is 1.79. The van der Waals surface area contributed by atoms with Crippen LogP contribution >= 0.6 is 0 Å². The molecule has 108 valence electrons. The van der Waals surface area contributed by atoms with Crippen molar-refractivity contribution in [2.75, 3.05) is 20.3 Å². The van der Waals surface area contributed by atoms with Crippen LogP contribution in [-0.4, -0.2) is 28.7 Å². The third-order valence-electron chi connectivity index (χ3n) is 2.93. The third kappa shape index (κ3) is 5.28. The highest BCUT2D eigenvalue weighted by atomic mass is 32.2. The predicted molar refractivity (Wildman–Crippen MR) is 75.3 cm³/mol. The number of ether oxygens (including phenoxy) is 1. The Morgan fingerprint density at radius 1 is 1.26 bits per heavy atom. The quantitative estimate of drug-likeness (QED) is 0.791. The predicted octanol–water partition coefficient (Wildman–Crippen LogP) is 1.27. The topological polar surface area (TPSA) is 81.4 Å². The molecular formula is C13H22N2O3S. The molecule has 0 amide bonds. The van der Waals surface area contributed by atoms with E-state index in [2.05, 4.69) is 12.2 Å². The van der Waals surface area contributed by atoms with Gasteiger partial charge in [0.1, 0.15) is 0 Å². The van der Waals surface area contributed by atoms with Crippen molar-refractivity contribution in [1.29, 1.82) is 0 Å². The van der Waals surface area contributed by atoms with Crippen molar-refractivity contribution in [1.82, 2.24) is 5.32 Å². The minimum absolute atomic E-state index is 0.135. The molecule has 5 nitrogen and oxygen atoms in total. The second kappa shape index (κ2) is 7.00. The average Bonchev–Trinajstić information content (AvgIpc) is 2.35. The van der Waals surface area contributed by atoms with Gasteiger partial charge in [-0.15, -0.1) is 0 Å². The summed E-state index contributed by atoms with van der Waals surface area (Å²) in [5, 5.41) is 8.44. The molecule has 2 atom stereocenters. The lowest BCUT2D eigenvalue weighted by atomic mass is 10.1. The van der Waals surface area contributed by atoms with Crippen LogP contribution in [0.25, 0.3) is 0 Å². The fraction of sp³-hybridized carbons (Fsp3) is 0.538. The molecule has 0 radical (unpaired) electrons. The van der Waals surface area contributed by atoms with E-state index < -0.39 is 10.0 Å². The molecule has 0 heterocycles. The van der Waals surface area contributed by atoms with Gasteiger partial charge in [-0.3, -0.25) is 0 Å². The zero-order chi connectivity index (χ0) is 14.5. The van der Waals surface area contributed by atoms with Crippen LogP contribution in [0.1, 0.15) is 25.5 Å². The molecule has 0 saturated heterocycles. The van der Waals surface area contributed by atoms with Crippen LogP contribution in [0.3, 0.4) is 0 Å². The zero-order valence-electron chi connectivity index (χ0n) is 11.6. The van der Waals surface area contributed by atoms with Crippen LogP contribution in [0.4, 0.5) is 0 Å². The van der Waals surface area contributed by atoms with Crippen molar-refractivity contribution in [3.63, 3.8) is 0 Å². The smallest absolute Gasteiger partial charge is 0.238 e. The van der Waals surface area contributed by atoms with Gasteiger partial charge in [0.15, 0.2) is 0 Å². The first-order valence-corrected chi connectivity index (χ1v) is 7.74. The van der Waals surface area contributed by atoms with Crippen molar-refractivity contribution >= 4 is 10.0 Å². The van der Waals surface area contributed by atoms with Gasteiger partial charge in [0.25, 0.3) is 0 Å². The minimum atomic E-state index is -3.62.